The summed E-state index contributed by atoms with van der Waals surface area (Å²) in [4.78, 5) is 11.4. The fraction of sp³-hybridized carbons (Fsp3) is 0.238. The summed E-state index contributed by atoms with van der Waals surface area (Å²) >= 11 is 0. The molecule has 1 aromatic heterocycles. The summed E-state index contributed by atoms with van der Waals surface area (Å²) in [6.45, 7) is 5.05. The zero-order valence-corrected chi connectivity index (χ0v) is 14.6. The first-order valence-corrected chi connectivity index (χ1v) is 8.70. The Labute approximate surface area is 148 Å². The average Bonchev–Trinajstić information content (AvgIpc) is 2.97. The van der Waals surface area contributed by atoms with Crippen molar-refractivity contribution in [3.05, 3.63) is 77.5 Å². The van der Waals surface area contributed by atoms with Gasteiger partial charge in [0.2, 0.25) is 5.95 Å². The molecule has 3 aromatic rings. The van der Waals surface area contributed by atoms with Crippen molar-refractivity contribution in [1.29, 1.82) is 0 Å². The van der Waals surface area contributed by atoms with Crippen LogP contribution in [0.5, 0.6) is 0 Å². The molecule has 2 heterocycles. The number of rotatable bonds is 4. The van der Waals surface area contributed by atoms with Crippen molar-refractivity contribution in [1.82, 2.24) is 9.97 Å². The van der Waals surface area contributed by atoms with E-state index in [0.29, 0.717) is 12.0 Å². The predicted octanol–water partition coefficient (Wildman–Crippen LogP) is 4.48. The standard InChI is InChI=1S/C21H22N4/c1-15-7-9-17(10-8-15)14-23-21-22-12-11-20(24-21)25-16(2)13-18-5-3-4-6-19(18)25/h3-12,16H,13-14H2,1-2H3,(H,22,23,24). The minimum absolute atomic E-state index is 0.400. The van der Waals surface area contributed by atoms with Crippen molar-refractivity contribution in [2.24, 2.45) is 0 Å². The SMILES string of the molecule is Cc1ccc(CNc2nccc(N3c4ccccc4CC3C)n2)cc1. The second kappa shape index (κ2) is 6.55. The number of para-hydroxylation sites is 1. The molecule has 0 aliphatic carbocycles. The van der Waals surface area contributed by atoms with Gasteiger partial charge in [-0.05, 0) is 43.5 Å². The summed E-state index contributed by atoms with van der Waals surface area (Å²) in [7, 11) is 0. The number of nitrogens with zero attached hydrogens (tertiary/aromatic N) is 3. The van der Waals surface area contributed by atoms with Gasteiger partial charge in [0.15, 0.2) is 0 Å². The highest BCUT2D eigenvalue weighted by atomic mass is 15.3. The highest BCUT2D eigenvalue weighted by Crippen LogP contribution is 2.37. The Hall–Kier alpha value is -2.88. The van der Waals surface area contributed by atoms with Crippen LogP contribution in [0.3, 0.4) is 0 Å². The molecule has 4 rings (SSSR count). The molecule has 0 saturated carbocycles. The van der Waals surface area contributed by atoms with Crippen molar-refractivity contribution in [2.45, 2.75) is 32.9 Å². The summed E-state index contributed by atoms with van der Waals surface area (Å²) in [6, 6.07) is 19.4. The van der Waals surface area contributed by atoms with Gasteiger partial charge < -0.3 is 10.2 Å². The largest absolute Gasteiger partial charge is 0.350 e. The fourth-order valence-corrected chi connectivity index (χ4v) is 3.37. The number of aryl methyl sites for hydroxylation is 1. The van der Waals surface area contributed by atoms with Crippen LogP contribution in [0, 0.1) is 6.92 Å². The molecule has 1 aliphatic rings. The highest BCUT2D eigenvalue weighted by molar-refractivity contribution is 5.69. The molecule has 0 amide bonds. The Balaban J connectivity index is 1.54. The summed E-state index contributed by atoms with van der Waals surface area (Å²) in [6.07, 6.45) is 2.87. The van der Waals surface area contributed by atoms with E-state index in [9.17, 15) is 0 Å². The summed E-state index contributed by atoms with van der Waals surface area (Å²) in [5.41, 5.74) is 5.11. The monoisotopic (exact) mass is 330 g/mol. The van der Waals surface area contributed by atoms with Gasteiger partial charge in [0.25, 0.3) is 0 Å². The van der Waals surface area contributed by atoms with E-state index < -0.39 is 0 Å². The fourth-order valence-electron chi connectivity index (χ4n) is 3.37. The van der Waals surface area contributed by atoms with Gasteiger partial charge in [-0.25, -0.2) is 4.98 Å². The molecule has 1 unspecified atom stereocenters. The van der Waals surface area contributed by atoms with Crippen molar-refractivity contribution in [3.63, 3.8) is 0 Å². The molecule has 0 radical (unpaired) electrons. The van der Waals surface area contributed by atoms with Crippen molar-refractivity contribution in [3.8, 4) is 0 Å². The molecule has 4 nitrogen and oxygen atoms in total. The predicted molar refractivity (Wildman–Crippen MR) is 102 cm³/mol. The average molecular weight is 330 g/mol. The first kappa shape index (κ1) is 15.6. The van der Waals surface area contributed by atoms with E-state index >= 15 is 0 Å². The van der Waals surface area contributed by atoms with Crippen LogP contribution in [0.2, 0.25) is 0 Å². The minimum Gasteiger partial charge on any atom is -0.350 e. The topological polar surface area (TPSA) is 41.1 Å². The number of benzene rings is 2. The van der Waals surface area contributed by atoms with Gasteiger partial charge in [0, 0.05) is 24.5 Å². The molecule has 25 heavy (non-hydrogen) atoms. The Morgan fingerprint density at radius 1 is 1.08 bits per heavy atom. The van der Waals surface area contributed by atoms with Gasteiger partial charge in [-0.3, -0.25) is 0 Å². The summed E-state index contributed by atoms with van der Waals surface area (Å²) in [5.74, 6) is 1.61. The number of nitrogens with one attached hydrogen (secondary N) is 1. The van der Waals surface area contributed by atoms with Crippen LogP contribution in [0.1, 0.15) is 23.6 Å². The third-order valence-electron chi connectivity index (χ3n) is 4.67. The first-order chi connectivity index (χ1) is 12.2. The van der Waals surface area contributed by atoms with Gasteiger partial charge in [-0.15, -0.1) is 0 Å². The normalized spacial score (nSPS) is 15.9. The third kappa shape index (κ3) is 3.20. The zero-order chi connectivity index (χ0) is 17.2. The van der Waals surface area contributed by atoms with E-state index in [1.807, 2.05) is 12.3 Å². The van der Waals surface area contributed by atoms with Crippen LogP contribution in [0.25, 0.3) is 0 Å². The molecule has 1 atom stereocenters. The number of aromatic nitrogens is 2. The van der Waals surface area contributed by atoms with E-state index in [0.717, 1.165) is 18.8 Å². The van der Waals surface area contributed by atoms with Crippen LogP contribution in [0.15, 0.2) is 60.8 Å². The second-order valence-corrected chi connectivity index (χ2v) is 6.63. The molecule has 2 aromatic carbocycles. The van der Waals surface area contributed by atoms with E-state index in [2.05, 4.69) is 77.6 Å². The maximum absolute atomic E-state index is 4.74. The number of hydrogen-bond acceptors (Lipinski definition) is 4. The molecule has 0 bridgehead atoms. The number of hydrogen-bond donors (Lipinski definition) is 1. The molecule has 0 saturated heterocycles. The van der Waals surface area contributed by atoms with Crippen LogP contribution in [-0.4, -0.2) is 16.0 Å². The first-order valence-electron chi connectivity index (χ1n) is 8.70. The molecule has 1 N–H and O–H groups in total. The summed E-state index contributed by atoms with van der Waals surface area (Å²) in [5, 5.41) is 3.33. The van der Waals surface area contributed by atoms with E-state index in [1.165, 1.54) is 22.4 Å². The van der Waals surface area contributed by atoms with Crippen molar-refractivity contribution in [2.75, 3.05) is 10.2 Å². The van der Waals surface area contributed by atoms with Crippen molar-refractivity contribution < 1.29 is 0 Å². The maximum Gasteiger partial charge on any atom is 0.224 e. The Kier molecular flexibility index (Phi) is 4.10. The van der Waals surface area contributed by atoms with E-state index in [1.54, 1.807) is 0 Å². The van der Waals surface area contributed by atoms with Gasteiger partial charge >= 0.3 is 0 Å². The smallest absolute Gasteiger partial charge is 0.224 e. The molecular weight excluding hydrogens is 308 g/mol. The molecule has 0 fully saturated rings. The third-order valence-corrected chi connectivity index (χ3v) is 4.67. The highest BCUT2D eigenvalue weighted by Gasteiger charge is 2.27. The van der Waals surface area contributed by atoms with E-state index in [-0.39, 0.29) is 0 Å². The summed E-state index contributed by atoms with van der Waals surface area (Å²) < 4.78 is 0. The van der Waals surface area contributed by atoms with Gasteiger partial charge in [0.1, 0.15) is 5.82 Å². The van der Waals surface area contributed by atoms with Crippen LogP contribution >= 0.6 is 0 Å². The van der Waals surface area contributed by atoms with E-state index in [4.69, 9.17) is 4.98 Å². The Bertz CT molecular complexity index is 873. The minimum atomic E-state index is 0.400. The van der Waals surface area contributed by atoms with Crippen LogP contribution in [-0.2, 0) is 13.0 Å². The van der Waals surface area contributed by atoms with Crippen molar-refractivity contribution >= 4 is 17.5 Å². The van der Waals surface area contributed by atoms with Crippen LogP contribution in [0.4, 0.5) is 17.5 Å². The molecular formula is C21H22N4. The molecule has 126 valence electrons. The lowest BCUT2D eigenvalue weighted by Gasteiger charge is -2.24. The Morgan fingerprint density at radius 3 is 2.72 bits per heavy atom. The lowest BCUT2D eigenvalue weighted by atomic mass is 10.1. The van der Waals surface area contributed by atoms with Crippen LogP contribution < -0.4 is 10.2 Å². The van der Waals surface area contributed by atoms with Gasteiger partial charge in [0.05, 0.1) is 0 Å². The zero-order valence-electron chi connectivity index (χ0n) is 14.6. The lowest BCUT2D eigenvalue weighted by molar-refractivity contribution is 0.749. The van der Waals surface area contributed by atoms with Gasteiger partial charge in [-0.1, -0.05) is 48.0 Å². The maximum atomic E-state index is 4.74. The molecule has 4 heteroatoms. The second-order valence-electron chi connectivity index (χ2n) is 6.63. The quantitative estimate of drug-likeness (QED) is 0.766. The molecule has 1 aliphatic heterocycles. The van der Waals surface area contributed by atoms with Gasteiger partial charge in [-0.2, -0.15) is 4.98 Å². The molecule has 0 spiro atoms. The Morgan fingerprint density at radius 2 is 1.88 bits per heavy atom. The number of anilines is 3. The number of fused-ring (bicyclic) bond motifs is 1. The lowest BCUT2D eigenvalue weighted by Crippen LogP contribution is -2.25.